The maximum absolute atomic E-state index is 9.40. The molecule has 9 nitrogen and oxygen atoms in total. The van der Waals surface area contributed by atoms with Crippen molar-refractivity contribution in [3.63, 3.8) is 0 Å². The molecule has 0 aromatic carbocycles. The Balaban J connectivity index is 3.19. The van der Waals surface area contributed by atoms with E-state index in [1.807, 2.05) is 0 Å². The number of aromatic nitrogens is 3. The third-order valence-corrected chi connectivity index (χ3v) is 2.10. The average molecular weight is 261 g/mol. The van der Waals surface area contributed by atoms with Crippen LogP contribution < -0.4 is 0 Å². The molecule has 1 aromatic rings. The lowest BCUT2D eigenvalue weighted by Crippen LogP contribution is -2.19. The lowest BCUT2D eigenvalue weighted by atomic mass is 10.3. The Morgan fingerprint density at radius 1 is 0.611 bits per heavy atom. The molecule has 3 unspecified atom stereocenters. The van der Waals surface area contributed by atoms with E-state index >= 15 is 0 Å². The molecule has 0 radical (unpaired) electrons. The minimum absolute atomic E-state index is 0.266. The average Bonchev–Trinajstić information content (AvgIpc) is 2.43. The molecule has 0 fully saturated rings. The van der Waals surface area contributed by atoms with E-state index in [4.69, 9.17) is 15.3 Å². The van der Waals surface area contributed by atoms with Gasteiger partial charge in [0.25, 0.3) is 0 Å². The molecule has 0 saturated heterocycles. The van der Waals surface area contributed by atoms with Gasteiger partial charge in [0.05, 0.1) is 19.8 Å². The minimum atomic E-state index is -1.41. The Kier molecular flexibility index (Phi) is 5.47. The summed E-state index contributed by atoms with van der Waals surface area (Å²) in [6.07, 6.45) is -4.24. The maximum Gasteiger partial charge on any atom is 0.163 e. The highest BCUT2D eigenvalue weighted by atomic mass is 16.3. The van der Waals surface area contributed by atoms with Crippen LogP contribution in [0.4, 0.5) is 0 Å². The number of hydrogen-bond acceptors (Lipinski definition) is 9. The summed E-state index contributed by atoms with van der Waals surface area (Å²) < 4.78 is 0. The lowest BCUT2D eigenvalue weighted by molar-refractivity contribution is 0.0686. The molecule has 18 heavy (non-hydrogen) atoms. The molecule has 0 bridgehead atoms. The fourth-order valence-electron chi connectivity index (χ4n) is 1.12. The second-order valence-electron chi connectivity index (χ2n) is 3.51. The SMILES string of the molecule is OCC(O)c1nc(C(O)CO)nc(C(O)CO)n1. The van der Waals surface area contributed by atoms with E-state index in [0.717, 1.165) is 0 Å². The first kappa shape index (κ1) is 14.8. The van der Waals surface area contributed by atoms with Crippen molar-refractivity contribution in [3.05, 3.63) is 17.5 Å². The second-order valence-corrected chi connectivity index (χ2v) is 3.51. The van der Waals surface area contributed by atoms with E-state index in [-0.39, 0.29) is 17.5 Å². The first-order valence-electron chi connectivity index (χ1n) is 5.16. The molecule has 102 valence electrons. The third kappa shape index (κ3) is 3.38. The summed E-state index contributed by atoms with van der Waals surface area (Å²) in [5.41, 5.74) is 0. The Bertz CT molecular complexity index is 321. The molecule has 0 aliphatic carbocycles. The predicted octanol–water partition coefficient (Wildman–Crippen LogP) is -3.05. The standard InChI is InChI=1S/C9H15N3O6/c13-1-4(16)7-10-8(5(17)2-14)12-9(11-7)6(18)3-15/h4-6,13-18H,1-3H2. The molecule has 6 N–H and O–H groups in total. The zero-order chi connectivity index (χ0) is 13.7. The van der Waals surface area contributed by atoms with Crippen LogP contribution in [0.25, 0.3) is 0 Å². The van der Waals surface area contributed by atoms with Gasteiger partial charge in [-0.15, -0.1) is 0 Å². The quantitative estimate of drug-likeness (QED) is 0.312. The smallest absolute Gasteiger partial charge is 0.163 e. The summed E-state index contributed by atoms with van der Waals surface area (Å²) in [5.74, 6) is -0.799. The van der Waals surface area contributed by atoms with Gasteiger partial charge in [-0.2, -0.15) is 0 Å². The number of aliphatic hydroxyl groups excluding tert-OH is 6. The molecule has 0 aliphatic rings. The number of hydrogen-bond donors (Lipinski definition) is 6. The minimum Gasteiger partial charge on any atom is -0.393 e. The van der Waals surface area contributed by atoms with Gasteiger partial charge in [-0.3, -0.25) is 0 Å². The van der Waals surface area contributed by atoms with Crippen molar-refractivity contribution in [1.29, 1.82) is 0 Å². The summed E-state index contributed by atoms with van der Waals surface area (Å²) in [4.78, 5) is 11.0. The van der Waals surface area contributed by atoms with Crippen LogP contribution in [0.1, 0.15) is 35.8 Å². The summed E-state index contributed by atoms with van der Waals surface area (Å²) in [6, 6.07) is 0. The van der Waals surface area contributed by atoms with Crippen LogP contribution in [0, 0.1) is 0 Å². The number of rotatable bonds is 6. The highest BCUT2D eigenvalue weighted by Gasteiger charge is 2.20. The Hall–Kier alpha value is -1.23. The summed E-state index contributed by atoms with van der Waals surface area (Å²) >= 11 is 0. The fraction of sp³-hybridized carbons (Fsp3) is 0.667. The molecular weight excluding hydrogens is 246 g/mol. The maximum atomic E-state index is 9.40. The van der Waals surface area contributed by atoms with E-state index in [1.54, 1.807) is 0 Å². The van der Waals surface area contributed by atoms with Crippen LogP contribution in [-0.4, -0.2) is 65.4 Å². The van der Waals surface area contributed by atoms with Gasteiger partial charge in [0.1, 0.15) is 18.3 Å². The van der Waals surface area contributed by atoms with Gasteiger partial charge in [0.2, 0.25) is 0 Å². The van der Waals surface area contributed by atoms with Crippen LogP contribution >= 0.6 is 0 Å². The molecule has 3 atom stereocenters. The Labute approximate surface area is 102 Å². The molecule has 0 aliphatic heterocycles. The number of nitrogens with zero attached hydrogens (tertiary/aromatic N) is 3. The van der Waals surface area contributed by atoms with Gasteiger partial charge in [0.15, 0.2) is 17.5 Å². The van der Waals surface area contributed by atoms with Crippen molar-refractivity contribution < 1.29 is 30.6 Å². The molecule has 0 saturated carbocycles. The van der Waals surface area contributed by atoms with Gasteiger partial charge in [-0.05, 0) is 0 Å². The van der Waals surface area contributed by atoms with Gasteiger partial charge >= 0.3 is 0 Å². The molecule has 9 heteroatoms. The molecule has 1 aromatic heterocycles. The lowest BCUT2D eigenvalue weighted by Gasteiger charge is -2.14. The number of aliphatic hydroxyl groups is 6. The first-order valence-corrected chi connectivity index (χ1v) is 5.16. The zero-order valence-corrected chi connectivity index (χ0v) is 9.38. The van der Waals surface area contributed by atoms with Crippen LogP contribution in [0.5, 0.6) is 0 Å². The van der Waals surface area contributed by atoms with Gasteiger partial charge in [-0.1, -0.05) is 0 Å². The summed E-state index contributed by atoms with van der Waals surface area (Å²) in [5, 5.41) is 54.6. The molecule has 0 spiro atoms. The van der Waals surface area contributed by atoms with E-state index in [2.05, 4.69) is 15.0 Å². The van der Waals surface area contributed by atoms with E-state index in [0.29, 0.717) is 0 Å². The van der Waals surface area contributed by atoms with Gasteiger partial charge < -0.3 is 30.6 Å². The summed E-state index contributed by atoms with van der Waals surface area (Å²) in [6.45, 7) is -1.98. The fourth-order valence-corrected chi connectivity index (χ4v) is 1.12. The Morgan fingerprint density at radius 3 is 1.00 bits per heavy atom. The van der Waals surface area contributed by atoms with E-state index in [9.17, 15) is 15.3 Å². The largest absolute Gasteiger partial charge is 0.393 e. The van der Waals surface area contributed by atoms with E-state index in [1.165, 1.54) is 0 Å². The van der Waals surface area contributed by atoms with Crippen LogP contribution in [-0.2, 0) is 0 Å². The van der Waals surface area contributed by atoms with Crippen molar-refractivity contribution in [2.75, 3.05) is 19.8 Å². The molecule has 1 heterocycles. The monoisotopic (exact) mass is 261 g/mol. The highest BCUT2D eigenvalue weighted by molar-refractivity contribution is 5.04. The van der Waals surface area contributed by atoms with Crippen molar-refractivity contribution in [2.24, 2.45) is 0 Å². The van der Waals surface area contributed by atoms with Crippen LogP contribution in [0.15, 0.2) is 0 Å². The van der Waals surface area contributed by atoms with Crippen LogP contribution in [0.3, 0.4) is 0 Å². The first-order chi connectivity index (χ1) is 8.53. The predicted molar refractivity (Wildman–Crippen MR) is 56.0 cm³/mol. The summed E-state index contributed by atoms with van der Waals surface area (Å²) in [7, 11) is 0. The van der Waals surface area contributed by atoms with Crippen molar-refractivity contribution in [2.45, 2.75) is 18.3 Å². The molecule has 0 amide bonds. The Morgan fingerprint density at radius 2 is 0.833 bits per heavy atom. The molecule has 1 rings (SSSR count). The van der Waals surface area contributed by atoms with Crippen LogP contribution in [0.2, 0.25) is 0 Å². The molecular formula is C9H15N3O6. The van der Waals surface area contributed by atoms with Crippen molar-refractivity contribution in [3.8, 4) is 0 Å². The highest BCUT2D eigenvalue weighted by Crippen LogP contribution is 2.15. The van der Waals surface area contributed by atoms with E-state index < -0.39 is 38.1 Å². The third-order valence-electron chi connectivity index (χ3n) is 2.10. The van der Waals surface area contributed by atoms with Gasteiger partial charge in [-0.25, -0.2) is 15.0 Å². The topological polar surface area (TPSA) is 160 Å². The van der Waals surface area contributed by atoms with Crippen molar-refractivity contribution in [1.82, 2.24) is 15.0 Å². The normalized spacial score (nSPS) is 16.3. The van der Waals surface area contributed by atoms with Crippen molar-refractivity contribution >= 4 is 0 Å². The zero-order valence-electron chi connectivity index (χ0n) is 9.38. The van der Waals surface area contributed by atoms with Gasteiger partial charge in [0, 0.05) is 0 Å². The second kappa shape index (κ2) is 6.64.